The van der Waals surface area contributed by atoms with Gasteiger partial charge in [-0.2, -0.15) is 0 Å². The Morgan fingerprint density at radius 2 is 1.25 bits per heavy atom. The summed E-state index contributed by atoms with van der Waals surface area (Å²) in [6.45, 7) is 8.52. The second-order valence-electron chi connectivity index (χ2n) is 9.15. The summed E-state index contributed by atoms with van der Waals surface area (Å²) in [5.74, 6) is 0.899. The van der Waals surface area contributed by atoms with Crippen LogP contribution in [0.15, 0.2) is 36.4 Å². The van der Waals surface area contributed by atoms with Crippen molar-refractivity contribution < 1.29 is 38.0 Å². The van der Waals surface area contributed by atoms with Gasteiger partial charge in [0.1, 0.15) is 17.7 Å². The number of hydrogen-bond acceptors (Lipinski definition) is 8. The Kier molecular flexibility index (Phi) is 9.84. The molecule has 9 heteroatoms. The van der Waals surface area contributed by atoms with E-state index in [0.29, 0.717) is 23.0 Å². The summed E-state index contributed by atoms with van der Waals surface area (Å²) in [6, 6.07) is 10.0. The molecule has 0 spiro atoms. The maximum Gasteiger partial charge on any atom is 0.408 e. The van der Waals surface area contributed by atoms with Gasteiger partial charge in [-0.25, -0.2) is 9.59 Å². The van der Waals surface area contributed by atoms with Crippen molar-refractivity contribution in [3.8, 4) is 23.0 Å². The van der Waals surface area contributed by atoms with E-state index in [4.69, 9.17) is 28.4 Å². The highest BCUT2D eigenvalue weighted by Crippen LogP contribution is 2.45. The van der Waals surface area contributed by atoms with E-state index in [-0.39, 0.29) is 0 Å². The first-order valence-electron chi connectivity index (χ1n) is 11.6. The monoisotopic (exact) mass is 503 g/mol. The van der Waals surface area contributed by atoms with E-state index in [9.17, 15) is 9.59 Å². The van der Waals surface area contributed by atoms with Crippen molar-refractivity contribution >= 4 is 12.1 Å². The number of esters is 1. The summed E-state index contributed by atoms with van der Waals surface area (Å²) >= 11 is 0. The van der Waals surface area contributed by atoms with E-state index in [2.05, 4.69) is 5.32 Å². The van der Waals surface area contributed by atoms with Crippen molar-refractivity contribution in [2.24, 2.45) is 0 Å². The molecule has 2 aromatic carbocycles. The molecule has 0 bridgehead atoms. The first kappa shape index (κ1) is 28.6. The molecule has 0 saturated heterocycles. The van der Waals surface area contributed by atoms with E-state index >= 15 is 0 Å². The van der Waals surface area contributed by atoms with Gasteiger partial charge in [0.15, 0.2) is 23.0 Å². The highest BCUT2D eigenvalue weighted by atomic mass is 16.6. The number of carbonyl (C=O) groups is 2. The largest absolute Gasteiger partial charge is 0.493 e. The predicted molar refractivity (Wildman–Crippen MR) is 135 cm³/mol. The number of alkyl carbamates (subject to hydrolysis) is 1. The summed E-state index contributed by atoms with van der Waals surface area (Å²) in [5, 5.41) is 2.52. The standard InChI is InChI=1S/C27H37NO8/c1-16(28-26(30)36-27(3,4)5)25(29)35-17(2)22(18-12-10-14-20(31-6)23(18)33-8)19-13-11-15-21(32-7)24(19)34-9/h10-17,22H,1-9H3,(H,28,30)/t16-,17?/m0/s1. The zero-order valence-corrected chi connectivity index (χ0v) is 22.5. The van der Waals surface area contributed by atoms with Gasteiger partial charge < -0.3 is 33.7 Å². The summed E-state index contributed by atoms with van der Waals surface area (Å²) < 4.78 is 33.5. The van der Waals surface area contributed by atoms with Gasteiger partial charge in [0.2, 0.25) is 0 Å². The van der Waals surface area contributed by atoms with Crippen LogP contribution in [0, 0.1) is 0 Å². The number of amides is 1. The lowest BCUT2D eigenvalue weighted by molar-refractivity contribution is -0.151. The molecule has 2 atom stereocenters. The molecule has 1 N–H and O–H groups in total. The highest BCUT2D eigenvalue weighted by Gasteiger charge is 2.33. The van der Waals surface area contributed by atoms with Gasteiger partial charge >= 0.3 is 12.1 Å². The lowest BCUT2D eigenvalue weighted by Gasteiger charge is -2.29. The Morgan fingerprint density at radius 1 is 0.778 bits per heavy atom. The van der Waals surface area contributed by atoms with Crippen LogP contribution in [0.5, 0.6) is 23.0 Å². The van der Waals surface area contributed by atoms with Crippen molar-refractivity contribution in [2.75, 3.05) is 28.4 Å². The van der Waals surface area contributed by atoms with Crippen LogP contribution >= 0.6 is 0 Å². The second kappa shape index (κ2) is 12.4. The molecule has 198 valence electrons. The molecule has 36 heavy (non-hydrogen) atoms. The molecule has 2 aromatic rings. The van der Waals surface area contributed by atoms with E-state index in [1.54, 1.807) is 68.3 Å². The number of methoxy groups -OCH3 is 4. The molecule has 0 aliphatic heterocycles. The Balaban J connectivity index is 2.48. The zero-order valence-electron chi connectivity index (χ0n) is 22.5. The number of benzene rings is 2. The maximum absolute atomic E-state index is 13.0. The fourth-order valence-corrected chi connectivity index (χ4v) is 3.88. The number of nitrogens with one attached hydrogen (secondary N) is 1. The molecule has 0 fully saturated rings. The molecular weight excluding hydrogens is 466 g/mol. The van der Waals surface area contributed by atoms with Gasteiger partial charge in [-0.1, -0.05) is 24.3 Å². The van der Waals surface area contributed by atoms with Crippen LogP contribution in [0.4, 0.5) is 4.79 Å². The van der Waals surface area contributed by atoms with E-state index < -0.39 is 35.7 Å². The molecule has 1 unspecified atom stereocenters. The molecule has 0 aliphatic rings. The SMILES string of the molecule is COc1cccc(C(c2cccc(OC)c2OC)C(C)OC(=O)[C@H](C)NC(=O)OC(C)(C)C)c1OC. The smallest absolute Gasteiger partial charge is 0.408 e. The van der Waals surface area contributed by atoms with Gasteiger partial charge in [0, 0.05) is 11.1 Å². The van der Waals surface area contributed by atoms with Crippen molar-refractivity contribution in [1.82, 2.24) is 5.32 Å². The Bertz CT molecular complexity index is 991. The minimum absolute atomic E-state index is 0.498. The van der Waals surface area contributed by atoms with Crippen LogP contribution in [0.1, 0.15) is 51.7 Å². The van der Waals surface area contributed by atoms with Gasteiger partial charge in [0.05, 0.1) is 34.4 Å². The van der Waals surface area contributed by atoms with Gasteiger partial charge in [-0.15, -0.1) is 0 Å². The van der Waals surface area contributed by atoms with Crippen LogP contribution in [0.2, 0.25) is 0 Å². The maximum atomic E-state index is 13.0. The van der Waals surface area contributed by atoms with Gasteiger partial charge in [-0.05, 0) is 46.8 Å². The molecular formula is C27H37NO8. The minimum atomic E-state index is -0.942. The number of ether oxygens (including phenoxy) is 6. The normalized spacial score (nSPS) is 12.8. The molecule has 1 amide bonds. The van der Waals surface area contributed by atoms with Crippen LogP contribution < -0.4 is 24.3 Å². The third-order valence-corrected chi connectivity index (χ3v) is 5.40. The van der Waals surface area contributed by atoms with Crippen molar-refractivity contribution in [3.05, 3.63) is 47.5 Å². The minimum Gasteiger partial charge on any atom is -0.493 e. The first-order valence-corrected chi connectivity index (χ1v) is 11.6. The van der Waals surface area contributed by atoms with Crippen LogP contribution in [0.3, 0.4) is 0 Å². The Labute approximate surface area is 213 Å². The number of hydrogen-bond donors (Lipinski definition) is 1. The molecule has 0 heterocycles. The van der Waals surface area contributed by atoms with E-state index in [1.165, 1.54) is 6.92 Å². The average Bonchev–Trinajstić information content (AvgIpc) is 2.82. The van der Waals surface area contributed by atoms with Gasteiger partial charge in [0.25, 0.3) is 0 Å². The molecule has 0 aromatic heterocycles. The Morgan fingerprint density at radius 3 is 1.64 bits per heavy atom. The van der Waals surface area contributed by atoms with Crippen LogP contribution in [-0.2, 0) is 14.3 Å². The predicted octanol–water partition coefficient (Wildman–Crippen LogP) is 4.70. The van der Waals surface area contributed by atoms with Crippen molar-refractivity contribution in [3.63, 3.8) is 0 Å². The van der Waals surface area contributed by atoms with Crippen molar-refractivity contribution in [1.29, 1.82) is 0 Å². The second-order valence-corrected chi connectivity index (χ2v) is 9.15. The third-order valence-electron chi connectivity index (χ3n) is 5.40. The number of carbonyl (C=O) groups excluding carboxylic acids is 2. The Hall–Kier alpha value is -3.62. The number of para-hydroxylation sites is 2. The summed E-state index contributed by atoms with van der Waals surface area (Å²) in [5.41, 5.74) is 0.741. The van der Waals surface area contributed by atoms with E-state index in [0.717, 1.165) is 11.1 Å². The molecule has 0 aliphatic carbocycles. The highest BCUT2D eigenvalue weighted by molar-refractivity contribution is 5.81. The molecule has 9 nitrogen and oxygen atoms in total. The fourth-order valence-electron chi connectivity index (χ4n) is 3.88. The topological polar surface area (TPSA) is 102 Å². The molecule has 0 radical (unpaired) electrons. The van der Waals surface area contributed by atoms with E-state index in [1.807, 2.05) is 24.3 Å². The average molecular weight is 504 g/mol. The molecule has 2 rings (SSSR count). The van der Waals surface area contributed by atoms with Crippen molar-refractivity contribution in [2.45, 2.75) is 58.3 Å². The summed E-state index contributed by atoms with van der Waals surface area (Å²) in [4.78, 5) is 25.1. The van der Waals surface area contributed by atoms with Gasteiger partial charge in [-0.3, -0.25) is 0 Å². The lowest BCUT2D eigenvalue weighted by atomic mass is 9.85. The number of rotatable bonds is 10. The summed E-state index contributed by atoms with van der Waals surface area (Å²) in [7, 11) is 6.20. The zero-order chi connectivity index (χ0) is 27.0. The molecule has 0 saturated carbocycles. The quantitative estimate of drug-likeness (QED) is 0.466. The first-order chi connectivity index (χ1) is 17.0. The van der Waals surface area contributed by atoms with Crippen LogP contribution in [-0.4, -0.2) is 58.2 Å². The fraction of sp³-hybridized carbons (Fsp3) is 0.481. The van der Waals surface area contributed by atoms with Crippen LogP contribution in [0.25, 0.3) is 0 Å². The third kappa shape index (κ3) is 6.96. The summed E-state index contributed by atoms with van der Waals surface area (Å²) in [6.07, 6.45) is -1.41. The lowest BCUT2D eigenvalue weighted by Crippen LogP contribution is -2.43.